The molecule has 0 bridgehead atoms. The second kappa shape index (κ2) is 7.10. The number of fused-ring (bicyclic) bond motifs is 1. The summed E-state index contributed by atoms with van der Waals surface area (Å²) in [7, 11) is 0. The first-order valence-corrected chi connectivity index (χ1v) is 8.73. The summed E-state index contributed by atoms with van der Waals surface area (Å²) < 4.78 is 5.51. The molecule has 122 valence electrons. The lowest BCUT2D eigenvalue weighted by atomic mass is 10.1. The number of rotatable bonds is 6. The first kappa shape index (κ1) is 16.0. The molecule has 0 aliphatic carbocycles. The highest BCUT2D eigenvalue weighted by molar-refractivity contribution is 7.09. The molecule has 1 aromatic heterocycles. The number of aryl methyl sites for hydroxylation is 1. The summed E-state index contributed by atoms with van der Waals surface area (Å²) in [4.78, 5) is 18.5. The van der Waals surface area contributed by atoms with Gasteiger partial charge in [-0.2, -0.15) is 0 Å². The van der Waals surface area contributed by atoms with E-state index < -0.39 is 0 Å². The van der Waals surface area contributed by atoms with E-state index in [2.05, 4.69) is 17.3 Å². The van der Waals surface area contributed by atoms with E-state index in [1.54, 1.807) is 16.2 Å². The number of anilines is 1. The van der Waals surface area contributed by atoms with Crippen LogP contribution in [-0.2, 0) is 11.2 Å². The third-order valence-corrected chi connectivity index (χ3v) is 4.66. The molecule has 1 aromatic carbocycles. The molecule has 2 heterocycles. The van der Waals surface area contributed by atoms with E-state index in [4.69, 9.17) is 9.84 Å². The summed E-state index contributed by atoms with van der Waals surface area (Å²) in [5.74, 6) is 0.628. The summed E-state index contributed by atoms with van der Waals surface area (Å²) in [6.45, 7) is 2.75. The Hall–Kier alpha value is -1.92. The van der Waals surface area contributed by atoms with Crippen LogP contribution in [0.25, 0.3) is 11.3 Å². The maximum atomic E-state index is 12.1. The van der Waals surface area contributed by atoms with E-state index in [1.807, 2.05) is 18.2 Å². The van der Waals surface area contributed by atoms with E-state index in [9.17, 15) is 4.79 Å². The van der Waals surface area contributed by atoms with Gasteiger partial charge >= 0.3 is 0 Å². The number of hydrogen-bond donors (Lipinski definition) is 1. The van der Waals surface area contributed by atoms with E-state index in [0.29, 0.717) is 18.7 Å². The molecule has 3 rings (SSSR count). The highest BCUT2D eigenvalue weighted by Crippen LogP contribution is 2.36. The molecule has 0 unspecified atom stereocenters. The van der Waals surface area contributed by atoms with Gasteiger partial charge in [-0.25, -0.2) is 4.98 Å². The number of hydrogen-bond acceptors (Lipinski definition) is 5. The van der Waals surface area contributed by atoms with E-state index in [1.165, 1.54) is 0 Å². The predicted molar refractivity (Wildman–Crippen MR) is 91.1 cm³/mol. The molecule has 23 heavy (non-hydrogen) atoms. The van der Waals surface area contributed by atoms with Crippen molar-refractivity contribution in [3.8, 4) is 17.0 Å². The Kier molecular flexibility index (Phi) is 4.93. The number of aliphatic hydroxyl groups is 1. The van der Waals surface area contributed by atoms with Crippen molar-refractivity contribution in [2.75, 3.05) is 24.7 Å². The van der Waals surface area contributed by atoms with Crippen molar-refractivity contribution in [1.29, 1.82) is 0 Å². The van der Waals surface area contributed by atoms with Crippen LogP contribution < -0.4 is 9.64 Å². The molecule has 1 amide bonds. The Morgan fingerprint density at radius 3 is 3.09 bits per heavy atom. The lowest BCUT2D eigenvalue weighted by Crippen LogP contribution is -2.39. The van der Waals surface area contributed by atoms with Crippen LogP contribution in [0.15, 0.2) is 23.6 Å². The largest absolute Gasteiger partial charge is 0.482 e. The molecule has 0 radical (unpaired) electrons. The second-order valence-electron chi connectivity index (χ2n) is 5.47. The van der Waals surface area contributed by atoms with Crippen LogP contribution in [0.3, 0.4) is 0 Å². The molecule has 1 aliphatic rings. The van der Waals surface area contributed by atoms with Crippen LogP contribution in [0.5, 0.6) is 5.75 Å². The van der Waals surface area contributed by atoms with Crippen molar-refractivity contribution >= 4 is 22.9 Å². The van der Waals surface area contributed by atoms with Gasteiger partial charge < -0.3 is 14.7 Å². The highest BCUT2D eigenvalue weighted by Gasteiger charge is 2.25. The van der Waals surface area contributed by atoms with Gasteiger partial charge in [-0.05, 0) is 37.5 Å². The van der Waals surface area contributed by atoms with E-state index in [0.717, 1.165) is 34.8 Å². The van der Waals surface area contributed by atoms with Gasteiger partial charge in [0.2, 0.25) is 0 Å². The standard InChI is InChI=1S/C17H20N2O3S/c1-2-4-16-18-13(11-23-16)12-5-6-15-14(9-12)19(7-3-8-20)17(21)10-22-15/h5-6,9,11,20H,2-4,7-8,10H2,1H3. The van der Waals surface area contributed by atoms with Crippen molar-refractivity contribution in [1.82, 2.24) is 4.98 Å². The normalized spacial score (nSPS) is 13.8. The molecule has 0 atom stereocenters. The number of amides is 1. The van der Waals surface area contributed by atoms with E-state index in [-0.39, 0.29) is 19.1 Å². The minimum absolute atomic E-state index is 0.0507. The van der Waals surface area contributed by atoms with Crippen LogP contribution in [0, 0.1) is 0 Å². The number of nitrogens with zero attached hydrogens (tertiary/aromatic N) is 2. The molecule has 0 saturated heterocycles. The van der Waals surface area contributed by atoms with E-state index >= 15 is 0 Å². The van der Waals surface area contributed by atoms with Gasteiger partial charge in [0.1, 0.15) is 5.75 Å². The van der Waals surface area contributed by atoms with Crippen LogP contribution in [0.4, 0.5) is 5.69 Å². The fourth-order valence-electron chi connectivity index (χ4n) is 2.61. The van der Waals surface area contributed by atoms with Crippen LogP contribution in [0.2, 0.25) is 0 Å². The topological polar surface area (TPSA) is 62.7 Å². The number of aliphatic hydroxyl groups excluding tert-OH is 1. The summed E-state index contributed by atoms with van der Waals surface area (Å²) >= 11 is 1.67. The molecular weight excluding hydrogens is 312 g/mol. The number of carbonyl (C=O) groups is 1. The smallest absolute Gasteiger partial charge is 0.265 e. The summed E-state index contributed by atoms with van der Waals surface area (Å²) in [5.41, 5.74) is 2.67. The zero-order valence-corrected chi connectivity index (χ0v) is 13.9. The molecular formula is C17H20N2O3S. The number of ether oxygens (including phenoxy) is 1. The van der Waals surface area contributed by atoms with Gasteiger partial charge in [0.15, 0.2) is 6.61 Å². The van der Waals surface area contributed by atoms with Gasteiger partial charge in [0.25, 0.3) is 5.91 Å². The molecule has 5 nitrogen and oxygen atoms in total. The minimum Gasteiger partial charge on any atom is -0.482 e. The molecule has 1 aliphatic heterocycles. The van der Waals surface area contributed by atoms with Gasteiger partial charge in [-0.1, -0.05) is 6.92 Å². The lowest BCUT2D eigenvalue weighted by Gasteiger charge is -2.29. The molecule has 0 spiro atoms. The monoisotopic (exact) mass is 332 g/mol. The summed E-state index contributed by atoms with van der Waals surface area (Å²) in [6.07, 6.45) is 2.61. The Morgan fingerprint density at radius 1 is 1.43 bits per heavy atom. The first-order chi connectivity index (χ1) is 11.2. The summed E-state index contributed by atoms with van der Waals surface area (Å²) in [6, 6.07) is 5.82. The molecule has 0 saturated carbocycles. The number of thiazole rings is 1. The van der Waals surface area contributed by atoms with Crippen molar-refractivity contribution in [2.24, 2.45) is 0 Å². The average Bonchev–Trinajstić information content (AvgIpc) is 3.02. The van der Waals surface area contributed by atoms with Crippen molar-refractivity contribution in [2.45, 2.75) is 26.2 Å². The Balaban J connectivity index is 1.92. The van der Waals surface area contributed by atoms with Crippen molar-refractivity contribution in [3.05, 3.63) is 28.6 Å². The Morgan fingerprint density at radius 2 is 2.30 bits per heavy atom. The fraction of sp³-hybridized carbons (Fsp3) is 0.412. The predicted octanol–water partition coefficient (Wildman–Crippen LogP) is 2.87. The van der Waals surface area contributed by atoms with Crippen molar-refractivity contribution in [3.63, 3.8) is 0 Å². The molecule has 6 heteroatoms. The highest BCUT2D eigenvalue weighted by atomic mass is 32.1. The third kappa shape index (κ3) is 3.38. The van der Waals surface area contributed by atoms with Crippen LogP contribution in [0.1, 0.15) is 24.8 Å². The van der Waals surface area contributed by atoms with Gasteiger partial charge in [-0.3, -0.25) is 4.79 Å². The van der Waals surface area contributed by atoms with Gasteiger partial charge in [-0.15, -0.1) is 11.3 Å². The zero-order chi connectivity index (χ0) is 16.2. The second-order valence-corrected chi connectivity index (χ2v) is 6.41. The maximum Gasteiger partial charge on any atom is 0.265 e. The number of carbonyl (C=O) groups excluding carboxylic acids is 1. The van der Waals surface area contributed by atoms with Gasteiger partial charge in [0.05, 0.1) is 16.4 Å². The molecule has 0 fully saturated rings. The quantitative estimate of drug-likeness (QED) is 0.883. The lowest BCUT2D eigenvalue weighted by molar-refractivity contribution is -0.121. The number of aromatic nitrogens is 1. The minimum atomic E-state index is -0.0759. The fourth-order valence-corrected chi connectivity index (χ4v) is 3.52. The Bertz CT molecular complexity index is 699. The zero-order valence-electron chi connectivity index (χ0n) is 13.1. The summed E-state index contributed by atoms with van der Waals surface area (Å²) in [5, 5.41) is 12.2. The average molecular weight is 332 g/mol. The van der Waals surface area contributed by atoms with Crippen molar-refractivity contribution < 1.29 is 14.6 Å². The van der Waals surface area contributed by atoms with Crippen LogP contribution in [-0.4, -0.2) is 35.8 Å². The first-order valence-electron chi connectivity index (χ1n) is 7.85. The van der Waals surface area contributed by atoms with Gasteiger partial charge in [0, 0.05) is 24.1 Å². The maximum absolute atomic E-state index is 12.1. The SMILES string of the molecule is CCCc1nc(-c2ccc3c(c2)N(CCCO)C(=O)CO3)cs1. The molecule has 1 N–H and O–H groups in total. The third-order valence-electron chi connectivity index (χ3n) is 3.75. The molecule has 2 aromatic rings. The Labute approximate surface area is 139 Å². The number of benzene rings is 1. The van der Waals surface area contributed by atoms with Crippen LogP contribution >= 0.6 is 11.3 Å².